The molecule has 4 heteroatoms. The van der Waals surface area contributed by atoms with Crippen LogP contribution in [0.1, 0.15) is 0 Å². The summed E-state index contributed by atoms with van der Waals surface area (Å²) in [6.45, 7) is 0. The van der Waals surface area contributed by atoms with Gasteiger partial charge in [-0.3, -0.25) is 9.59 Å². The highest BCUT2D eigenvalue weighted by Gasteiger charge is 2.19. The van der Waals surface area contributed by atoms with Crippen molar-refractivity contribution >= 4 is 34.4 Å². The summed E-state index contributed by atoms with van der Waals surface area (Å²) in [6, 6.07) is 0. The second-order valence-corrected chi connectivity index (χ2v) is 2.37. The van der Waals surface area contributed by atoms with Crippen LogP contribution in [0, 0.1) is 0 Å². The Bertz CT molecular complexity index is 214. The van der Waals surface area contributed by atoms with E-state index in [2.05, 4.69) is 0 Å². The Morgan fingerprint density at radius 2 is 1.80 bits per heavy atom. The van der Waals surface area contributed by atoms with Gasteiger partial charge in [-0.25, -0.2) is 4.90 Å². The molecule has 1 rings (SSSR count). The summed E-state index contributed by atoms with van der Waals surface area (Å²) in [5.41, 5.74) is 0. The quantitative estimate of drug-likeness (QED) is 0.509. The molecule has 3 nitrogen and oxygen atoms in total. The van der Waals surface area contributed by atoms with Crippen LogP contribution >= 0.6 is 22.6 Å². The van der Waals surface area contributed by atoms with Crippen LogP contribution in [0.2, 0.25) is 0 Å². The summed E-state index contributed by atoms with van der Waals surface area (Å²) in [7, 11) is 0. The summed E-state index contributed by atoms with van der Waals surface area (Å²) in [4.78, 5) is 22.5. The number of rotatable bonds is 1. The summed E-state index contributed by atoms with van der Waals surface area (Å²) >= 11 is 1.94. The number of nitrogens with zero attached hydrogens (tertiary/aromatic N) is 1. The molecule has 0 N–H and O–H groups in total. The molecule has 0 bridgehead atoms. The van der Waals surface area contributed by atoms with Crippen LogP contribution in [0.3, 0.4) is 0 Å². The highest BCUT2D eigenvalue weighted by atomic mass is 127. The van der Waals surface area contributed by atoms with Gasteiger partial charge in [0.25, 0.3) is 11.8 Å². The maximum atomic E-state index is 10.7. The van der Waals surface area contributed by atoms with Gasteiger partial charge in [0.05, 0.1) is 0 Å². The molecular formula is C6H4INO2. The van der Waals surface area contributed by atoms with Crippen molar-refractivity contribution in [1.82, 2.24) is 4.90 Å². The fraction of sp³-hybridized carbons (Fsp3) is 0. The van der Waals surface area contributed by atoms with Crippen molar-refractivity contribution in [3.05, 3.63) is 22.4 Å². The Morgan fingerprint density at radius 3 is 2.20 bits per heavy atom. The monoisotopic (exact) mass is 249 g/mol. The molecule has 52 valence electrons. The number of hydrogen-bond acceptors (Lipinski definition) is 2. The lowest BCUT2D eigenvalue weighted by Crippen LogP contribution is -2.23. The molecule has 0 aromatic rings. The van der Waals surface area contributed by atoms with Crippen LogP contribution in [0.15, 0.2) is 22.4 Å². The van der Waals surface area contributed by atoms with Gasteiger partial charge in [-0.05, 0) is 4.08 Å². The van der Waals surface area contributed by atoms with Gasteiger partial charge in [0, 0.05) is 18.4 Å². The van der Waals surface area contributed by atoms with Crippen LogP contribution in [-0.2, 0) is 9.59 Å². The van der Waals surface area contributed by atoms with Gasteiger partial charge in [-0.1, -0.05) is 22.6 Å². The van der Waals surface area contributed by atoms with Crippen molar-refractivity contribution in [2.24, 2.45) is 0 Å². The molecule has 10 heavy (non-hydrogen) atoms. The number of halogens is 1. The maximum Gasteiger partial charge on any atom is 0.257 e. The van der Waals surface area contributed by atoms with Gasteiger partial charge in [0.2, 0.25) is 0 Å². The molecule has 0 atom stereocenters. The summed E-state index contributed by atoms with van der Waals surface area (Å²) in [5.74, 6) is -0.559. The normalized spacial score (nSPS) is 17.9. The SMILES string of the molecule is O=C1C=CC(=O)N1/C=C/I. The molecule has 1 aliphatic heterocycles. The first kappa shape index (κ1) is 7.46. The number of carbonyl (C=O) groups is 2. The lowest BCUT2D eigenvalue weighted by atomic mass is 10.6. The molecule has 0 fully saturated rings. The molecule has 1 aliphatic rings. The van der Waals surface area contributed by atoms with Crippen LogP contribution < -0.4 is 0 Å². The summed E-state index contributed by atoms with van der Waals surface area (Å²) < 4.78 is 1.61. The molecular weight excluding hydrogens is 245 g/mol. The first-order chi connectivity index (χ1) is 4.75. The van der Waals surface area contributed by atoms with Crippen molar-refractivity contribution in [2.75, 3.05) is 0 Å². The minimum Gasteiger partial charge on any atom is -0.269 e. The average molecular weight is 249 g/mol. The Morgan fingerprint density at radius 1 is 1.30 bits per heavy atom. The van der Waals surface area contributed by atoms with Gasteiger partial charge < -0.3 is 0 Å². The van der Waals surface area contributed by atoms with Gasteiger partial charge in [0.15, 0.2) is 0 Å². The van der Waals surface area contributed by atoms with Gasteiger partial charge in [0.1, 0.15) is 0 Å². The van der Waals surface area contributed by atoms with Crippen LogP contribution in [-0.4, -0.2) is 16.7 Å². The van der Waals surface area contributed by atoms with Crippen molar-refractivity contribution in [2.45, 2.75) is 0 Å². The molecule has 1 heterocycles. The van der Waals surface area contributed by atoms with E-state index < -0.39 is 0 Å². The average Bonchev–Trinajstić information content (AvgIpc) is 2.20. The van der Waals surface area contributed by atoms with Gasteiger partial charge in [-0.15, -0.1) is 0 Å². The summed E-state index contributed by atoms with van der Waals surface area (Å²) in [5, 5.41) is 0. The van der Waals surface area contributed by atoms with E-state index in [1.165, 1.54) is 18.4 Å². The topological polar surface area (TPSA) is 37.4 Å². The largest absolute Gasteiger partial charge is 0.269 e. The fourth-order valence-electron chi connectivity index (χ4n) is 0.615. The predicted octanol–water partition coefficient (Wildman–Crippen LogP) is 0.818. The van der Waals surface area contributed by atoms with Crippen molar-refractivity contribution in [1.29, 1.82) is 0 Å². The Balaban J connectivity index is 2.79. The Labute approximate surface area is 71.5 Å². The van der Waals surface area contributed by atoms with E-state index in [1.807, 2.05) is 22.6 Å². The smallest absolute Gasteiger partial charge is 0.257 e. The standard InChI is InChI=1S/C6H4INO2/c7-3-4-8-5(9)1-2-6(8)10/h1-4H/b4-3+. The third-order valence-electron chi connectivity index (χ3n) is 1.05. The van der Waals surface area contributed by atoms with E-state index in [4.69, 9.17) is 0 Å². The van der Waals surface area contributed by atoms with Crippen LogP contribution in [0.5, 0.6) is 0 Å². The highest BCUT2D eigenvalue weighted by molar-refractivity contribution is 14.1. The first-order valence-electron chi connectivity index (χ1n) is 2.58. The second-order valence-electron chi connectivity index (χ2n) is 1.65. The molecule has 0 aliphatic carbocycles. The van der Waals surface area contributed by atoms with Crippen molar-refractivity contribution in [3.8, 4) is 0 Å². The minimum atomic E-state index is -0.280. The van der Waals surface area contributed by atoms with Crippen molar-refractivity contribution in [3.63, 3.8) is 0 Å². The zero-order valence-electron chi connectivity index (χ0n) is 4.95. The minimum absolute atomic E-state index is 0.280. The third kappa shape index (κ3) is 1.26. The second kappa shape index (κ2) is 2.96. The fourth-order valence-corrected chi connectivity index (χ4v) is 0.937. The molecule has 0 unspecified atom stereocenters. The van der Waals surface area contributed by atoms with E-state index >= 15 is 0 Å². The van der Waals surface area contributed by atoms with Gasteiger partial charge >= 0.3 is 0 Å². The van der Waals surface area contributed by atoms with E-state index in [9.17, 15) is 9.59 Å². The van der Waals surface area contributed by atoms with E-state index in [-0.39, 0.29) is 11.8 Å². The van der Waals surface area contributed by atoms with Crippen molar-refractivity contribution < 1.29 is 9.59 Å². The van der Waals surface area contributed by atoms with E-state index in [1.54, 1.807) is 4.08 Å². The van der Waals surface area contributed by atoms with E-state index in [0.29, 0.717) is 0 Å². The number of imide groups is 1. The zero-order valence-corrected chi connectivity index (χ0v) is 7.11. The highest BCUT2D eigenvalue weighted by Crippen LogP contribution is 2.04. The molecule has 0 aromatic carbocycles. The third-order valence-corrected chi connectivity index (χ3v) is 1.37. The zero-order chi connectivity index (χ0) is 7.56. The van der Waals surface area contributed by atoms with Crippen LogP contribution in [0.25, 0.3) is 0 Å². The van der Waals surface area contributed by atoms with Gasteiger partial charge in [-0.2, -0.15) is 0 Å². The lowest BCUT2D eigenvalue weighted by molar-refractivity contribution is -0.133. The molecule has 2 amide bonds. The predicted molar refractivity (Wildman–Crippen MR) is 44.2 cm³/mol. The molecule has 0 saturated heterocycles. The Kier molecular flexibility index (Phi) is 2.21. The van der Waals surface area contributed by atoms with Crippen LogP contribution in [0.4, 0.5) is 0 Å². The molecule has 0 saturated carbocycles. The number of amides is 2. The summed E-state index contributed by atoms with van der Waals surface area (Å²) in [6.07, 6.45) is 3.93. The van der Waals surface area contributed by atoms with E-state index in [0.717, 1.165) is 4.90 Å². The lowest BCUT2D eigenvalue weighted by Gasteiger charge is -2.04. The number of hydrogen-bond donors (Lipinski definition) is 0. The molecule has 0 aromatic heterocycles. The maximum absolute atomic E-state index is 10.7. The molecule has 0 spiro atoms. The number of carbonyl (C=O) groups excluding carboxylic acids is 2. The Hall–Kier alpha value is -0.650. The first-order valence-corrected chi connectivity index (χ1v) is 3.82. The molecule has 0 radical (unpaired) electrons.